The van der Waals surface area contributed by atoms with Crippen LogP contribution in [0.1, 0.15) is 71.5 Å². The van der Waals surface area contributed by atoms with Crippen LogP contribution >= 0.6 is 15.9 Å². The van der Waals surface area contributed by atoms with Crippen molar-refractivity contribution < 1.29 is 33.8 Å². The van der Waals surface area contributed by atoms with Crippen molar-refractivity contribution in [2.24, 2.45) is 17.8 Å². The normalized spacial score (nSPS) is 32.9. The second kappa shape index (κ2) is 14.6. The van der Waals surface area contributed by atoms with Crippen molar-refractivity contribution >= 4 is 39.6 Å². The lowest BCUT2D eigenvalue weighted by molar-refractivity contribution is -0.164. The molecular formula is C36H48BrN3O7. The fourth-order valence-electron chi connectivity index (χ4n) is 7.66. The smallest absolute Gasteiger partial charge is 0.313 e. The Hall–Kier alpha value is -3.02. The molecule has 11 heteroatoms. The number of esters is 1. The number of halogens is 1. The number of carbonyl (C=O) groups is 4. The number of likely N-dealkylation sites (N-methyl/N-ethyl adjacent to an activating group) is 1. The number of ether oxygens (including phenoxy) is 2. The Labute approximate surface area is 286 Å². The highest BCUT2D eigenvalue weighted by Gasteiger charge is 2.75. The van der Waals surface area contributed by atoms with Gasteiger partial charge < -0.3 is 29.3 Å². The second-order valence-electron chi connectivity index (χ2n) is 13.7. The minimum atomic E-state index is -1.42. The number of aliphatic hydroxyl groups excluding tert-OH is 1. The van der Waals surface area contributed by atoms with E-state index in [1.807, 2.05) is 70.2 Å². The maximum atomic E-state index is 14.8. The predicted octanol–water partition coefficient (Wildman–Crippen LogP) is 4.38. The predicted molar refractivity (Wildman–Crippen MR) is 180 cm³/mol. The Morgan fingerprint density at radius 1 is 1.06 bits per heavy atom. The van der Waals surface area contributed by atoms with Gasteiger partial charge in [-0.2, -0.15) is 0 Å². The standard InChI is InChI=1S/C36H48BrN3O7/c1-6-7-17-39-18-13-9-12-16-27(42)38(5)23(4)30(24-14-10-8-11-15-24)46-35(45)28-29-33(43)40(25(21-41)19-22(2)3)32(34(39)44)36(29)20-26(37)31(28)47-36/h8-11,13-15,20,22-23,25,28-32,41H,6-7,12,16-19,21H2,1-5H3/b13-9-/t23-,25-,28+,29-,30+,31+,32+,36-/m1/s1. The molecule has 0 radical (unpaired) electrons. The molecule has 0 aliphatic carbocycles. The molecule has 5 bridgehead atoms. The zero-order chi connectivity index (χ0) is 34.0. The lowest BCUT2D eigenvalue weighted by Crippen LogP contribution is -2.58. The average molecular weight is 715 g/mol. The van der Waals surface area contributed by atoms with Gasteiger partial charge in [-0.3, -0.25) is 19.2 Å². The van der Waals surface area contributed by atoms with E-state index in [4.69, 9.17) is 9.47 Å². The number of carbonyl (C=O) groups excluding carboxylic acids is 4. The number of hydrogen-bond donors (Lipinski definition) is 1. The summed E-state index contributed by atoms with van der Waals surface area (Å²) in [6.07, 6.45) is 6.79. The summed E-state index contributed by atoms with van der Waals surface area (Å²) in [6.45, 7) is 8.34. The van der Waals surface area contributed by atoms with E-state index in [2.05, 4.69) is 15.9 Å². The molecule has 10 nitrogen and oxygen atoms in total. The van der Waals surface area contributed by atoms with E-state index in [9.17, 15) is 24.3 Å². The Balaban J connectivity index is 1.65. The molecular weight excluding hydrogens is 666 g/mol. The third-order valence-electron chi connectivity index (χ3n) is 10.1. The molecule has 256 valence electrons. The first kappa shape index (κ1) is 35.3. The van der Waals surface area contributed by atoms with Gasteiger partial charge in [-0.05, 0) is 43.7 Å². The number of rotatable bonds is 8. The van der Waals surface area contributed by atoms with Gasteiger partial charge in [-0.15, -0.1) is 0 Å². The molecule has 4 aliphatic rings. The number of aliphatic hydroxyl groups is 1. The summed E-state index contributed by atoms with van der Waals surface area (Å²) in [6, 6.07) is 7.04. The molecule has 1 aromatic rings. The van der Waals surface area contributed by atoms with Gasteiger partial charge in [-0.1, -0.05) is 85.6 Å². The van der Waals surface area contributed by atoms with E-state index >= 15 is 0 Å². The van der Waals surface area contributed by atoms with Crippen molar-refractivity contribution in [1.29, 1.82) is 0 Å². The van der Waals surface area contributed by atoms with Gasteiger partial charge in [0.05, 0.1) is 24.6 Å². The molecule has 0 aromatic heterocycles. The monoisotopic (exact) mass is 713 g/mol. The highest BCUT2D eigenvalue weighted by Crippen LogP contribution is 2.59. The number of likely N-dealkylation sites (tertiary alicyclic amines) is 1. The minimum absolute atomic E-state index is 0.0969. The molecule has 47 heavy (non-hydrogen) atoms. The molecule has 0 saturated carbocycles. The van der Waals surface area contributed by atoms with Crippen molar-refractivity contribution in [2.45, 2.75) is 95.7 Å². The topological polar surface area (TPSA) is 117 Å². The average Bonchev–Trinajstić information content (AvgIpc) is 3.65. The second-order valence-corrected chi connectivity index (χ2v) is 14.6. The van der Waals surface area contributed by atoms with Crippen LogP contribution in [0.5, 0.6) is 0 Å². The van der Waals surface area contributed by atoms with E-state index in [1.54, 1.807) is 22.9 Å². The van der Waals surface area contributed by atoms with Crippen LogP contribution in [-0.4, -0.2) is 100 Å². The van der Waals surface area contributed by atoms with E-state index in [0.717, 1.165) is 18.4 Å². The van der Waals surface area contributed by atoms with Gasteiger partial charge >= 0.3 is 5.97 Å². The van der Waals surface area contributed by atoms with Crippen molar-refractivity contribution in [3.05, 3.63) is 58.6 Å². The first-order valence-electron chi connectivity index (χ1n) is 16.9. The lowest BCUT2D eigenvalue weighted by Gasteiger charge is -2.39. The summed E-state index contributed by atoms with van der Waals surface area (Å²) >= 11 is 3.62. The molecule has 8 atom stereocenters. The first-order chi connectivity index (χ1) is 22.5. The number of allylic oxidation sites excluding steroid dienone is 1. The zero-order valence-corrected chi connectivity index (χ0v) is 29.6. The summed E-state index contributed by atoms with van der Waals surface area (Å²) < 4.78 is 13.6. The SMILES string of the molecule is CCCCN1C/C=C\CCC(=O)N(C)[C@H](C)[C@@H](c2ccccc2)OC(=O)[C@@H]2[C@H]3O[C@@]4(C=C3Br)[C@H](C1=O)N([C@@H](CO)CC(C)C)C(=O)[C@@H]24. The number of benzene rings is 1. The number of fused-ring (bicyclic) bond motifs is 2. The van der Waals surface area contributed by atoms with Crippen LogP contribution in [0.4, 0.5) is 0 Å². The Bertz CT molecular complexity index is 1400. The molecule has 1 N–H and O–H groups in total. The highest BCUT2D eigenvalue weighted by atomic mass is 79.9. The van der Waals surface area contributed by atoms with Crippen LogP contribution < -0.4 is 0 Å². The summed E-state index contributed by atoms with van der Waals surface area (Å²) in [5.41, 5.74) is -0.704. The molecule has 1 aromatic carbocycles. The summed E-state index contributed by atoms with van der Waals surface area (Å²) in [5.74, 6) is -3.35. The van der Waals surface area contributed by atoms with Crippen LogP contribution in [-0.2, 0) is 28.7 Å². The van der Waals surface area contributed by atoms with Crippen LogP contribution in [0.25, 0.3) is 0 Å². The Morgan fingerprint density at radius 2 is 1.79 bits per heavy atom. The maximum absolute atomic E-state index is 14.8. The quantitative estimate of drug-likeness (QED) is 0.314. The number of cyclic esters (lactones) is 1. The molecule has 5 rings (SSSR count). The molecule has 3 amide bonds. The Kier molecular flexibility index (Phi) is 11.0. The molecule has 0 unspecified atom stereocenters. The summed E-state index contributed by atoms with van der Waals surface area (Å²) in [4.78, 5) is 62.0. The first-order valence-corrected chi connectivity index (χ1v) is 17.7. The largest absolute Gasteiger partial charge is 0.455 e. The number of amides is 3. The van der Waals surface area contributed by atoms with Crippen LogP contribution in [0, 0.1) is 17.8 Å². The molecule has 2 saturated heterocycles. The zero-order valence-electron chi connectivity index (χ0n) is 28.0. The fraction of sp³-hybridized carbons (Fsp3) is 0.611. The summed E-state index contributed by atoms with van der Waals surface area (Å²) in [5, 5.41) is 10.6. The third-order valence-corrected chi connectivity index (χ3v) is 10.8. The van der Waals surface area contributed by atoms with Crippen molar-refractivity contribution in [3.8, 4) is 0 Å². The van der Waals surface area contributed by atoms with Crippen molar-refractivity contribution in [3.63, 3.8) is 0 Å². The fourth-order valence-corrected chi connectivity index (χ4v) is 8.39. The van der Waals surface area contributed by atoms with E-state index in [0.29, 0.717) is 30.4 Å². The highest BCUT2D eigenvalue weighted by molar-refractivity contribution is 9.11. The van der Waals surface area contributed by atoms with Crippen LogP contribution in [0.2, 0.25) is 0 Å². The van der Waals surface area contributed by atoms with Gasteiger partial charge in [-0.25, -0.2) is 0 Å². The van der Waals surface area contributed by atoms with Crippen molar-refractivity contribution in [2.75, 3.05) is 26.7 Å². The number of unbranched alkanes of at least 4 members (excludes halogenated alkanes) is 1. The van der Waals surface area contributed by atoms with Gasteiger partial charge in [0.1, 0.15) is 29.8 Å². The Morgan fingerprint density at radius 3 is 2.45 bits per heavy atom. The van der Waals surface area contributed by atoms with Crippen molar-refractivity contribution in [1.82, 2.24) is 14.7 Å². The van der Waals surface area contributed by atoms with Gasteiger partial charge in [0.25, 0.3) is 0 Å². The van der Waals surface area contributed by atoms with E-state index in [-0.39, 0.29) is 30.8 Å². The van der Waals surface area contributed by atoms with Crippen LogP contribution in [0.15, 0.2) is 53.0 Å². The van der Waals surface area contributed by atoms with E-state index < -0.39 is 59.6 Å². The number of hydrogen-bond acceptors (Lipinski definition) is 7. The molecule has 1 spiro atoms. The maximum Gasteiger partial charge on any atom is 0.313 e. The summed E-state index contributed by atoms with van der Waals surface area (Å²) in [7, 11) is 1.71. The minimum Gasteiger partial charge on any atom is -0.455 e. The van der Waals surface area contributed by atoms with Crippen LogP contribution in [0.3, 0.4) is 0 Å². The molecule has 4 aliphatic heterocycles. The lowest BCUT2D eigenvalue weighted by atomic mass is 9.74. The molecule has 4 heterocycles. The molecule has 2 fully saturated rings. The van der Waals surface area contributed by atoms with E-state index in [1.165, 1.54) is 4.90 Å². The van der Waals surface area contributed by atoms with Gasteiger partial charge in [0.15, 0.2) is 0 Å². The number of nitrogens with zero attached hydrogens (tertiary/aromatic N) is 3. The van der Waals surface area contributed by atoms with Gasteiger partial charge in [0, 0.05) is 31.0 Å². The van der Waals surface area contributed by atoms with Gasteiger partial charge in [0.2, 0.25) is 17.7 Å². The third kappa shape index (κ3) is 6.55.